The van der Waals surface area contributed by atoms with E-state index in [4.69, 9.17) is 0 Å². The zero-order valence-corrected chi connectivity index (χ0v) is 13.7. The van der Waals surface area contributed by atoms with Gasteiger partial charge in [0.1, 0.15) is 6.04 Å². The summed E-state index contributed by atoms with van der Waals surface area (Å²) in [7, 11) is 0. The molecule has 1 aromatic rings. The molecule has 0 unspecified atom stereocenters. The van der Waals surface area contributed by atoms with Gasteiger partial charge in [0.15, 0.2) is 0 Å². The average molecular weight is 315 g/mol. The molecule has 3 rings (SSSR count). The Labute approximate surface area is 137 Å². The molecule has 1 atom stereocenters. The van der Waals surface area contributed by atoms with Crippen LogP contribution < -0.4 is 5.32 Å². The van der Waals surface area contributed by atoms with E-state index >= 15 is 0 Å². The molecule has 2 amide bonds. The highest BCUT2D eigenvalue weighted by atomic mass is 16.2. The fourth-order valence-electron chi connectivity index (χ4n) is 2.98. The minimum atomic E-state index is -0.413. The van der Waals surface area contributed by atoms with Gasteiger partial charge in [0.2, 0.25) is 11.8 Å². The second-order valence-corrected chi connectivity index (χ2v) is 6.59. The first kappa shape index (κ1) is 16.0. The lowest BCUT2D eigenvalue weighted by atomic mass is 10.2. The van der Waals surface area contributed by atoms with Gasteiger partial charge in [-0.3, -0.25) is 14.5 Å². The third kappa shape index (κ3) is 4.32. The lowest BCUT2D eigenvalue weighted by molar-refractivity contribution is -0.137. The average Bonchev–Trinajstić information content (AvgIpc) is 3.41. The van der Waals surface area contributed by atoms with Gasteiger partial charge in [-0.05, 0) is 25.3 Å². The van der Waals surface area contributed by atoms with E-state index in [9.17, 15) is 9.59 Å². The number of benzene rings is 1. The van der Waals surface area contributed by atoms with Gasteiger partial charge >= 0.3 is 0 Å². The predicted molar refractivity (Wildman–Crippen MR) is 88.6 cm³/mol. The second-order valence-electron chi connectivity index (χ2n) is 6.59. The molecule has 1 aliphatic carbocycles. The number of carbonyl (C=O) groups excluding carboxylic acids is 2. The number of hydrogen-bond donors (Lipinski definition) is 1. The van der Waals surface area contributed by atoms with E-state index in [1.165, 1.54) is 5.56 Å². The maximum absolute atomic E-state index is 12.4. The summed E-state index contributed by atoms with van der Waals surface area (Å²) in [5.41, 5.74) is 1.30. The van der Waals surface area contributed by atoms with E-state index in [1.807, 2.05) is 11.0 Å². The predicted octanol–water partition coefficient (Wildman–Crippen LogP) is 1.25. The number of amides is 2. The van der Waals surface area contributed by atoms with Crippen LogP contribution in [0.25, 0.3) is 0 Å². The van der Waals surface area contributed by atoms with Crippen LogP contribution in [0, 0.1) is 5.92 Å². The van der Waals surface area contributed by atoms with E-state index < -0.39 is 6.04 Å². The van der Waals surface area contributed by atoms with E-state index in [0.29, 0.717) is 0 Å². The topological polar surface area (TPSA) is 52.7 Å². The van der Waals surface area contributed by atoms with Gasteiger partial charge in [0.05, 0.1) is 0 Å². The SMILES string of the molecule is C[C@@H](NC(=O)C1CC1)C(=O)N1CCN(Cc2ccccc2)CC1. The van der Waals surface area contributed by atoms with Crippen molar-refractivity contribution >= 4 is 11.8 Å². The van der Waals surface area contributed by atoms with Gasteiger partial charge in [-0.1, -0.05) is 30.3 Å². The summed E-state index contributed by atoms with van der Waals surface area (Å²) in [6.45, 7) is 5.94. The number of rotatable bonds is 5. The van der Waals surface area contributed by atoms with Crippen molar-refractivity contribution < 1.29 is 9.59 Å². The molecular formula is C18H25N3O2. The first-order valence-electron chi connectivity index (χ1n) is 8.49. The number of hydrogen-bond acceptors (Lipinski definition) is 3. The quantitative estimate of drug-likeness (QED) is 0.889. The molecule has 1 aromatic carbocycles. The summed E-state index contributed by atoms with van der Waals surface area (Å²) in [6.07, 6.45) is 1.93. The smallest absolute Gasteiger partial charge is 0.244 e. The maximum atomic E-state index is 12.4. The van der Waals surface area contributed by atoms with Crippen LogP contribution in [0.2, 0.25) is 0 Å². The van der Waals surface area contributed by atoms with Crippen LogP contribution in [0.3, 0.4) is 0 Å². The third-order valence-corrected chi connectivity index (χ3v) is 4.61. The lowest BCUT2D eigenvalue weighted by Crippen LogP contribution is -2.54. The molecule has 2 fully saturated rings. The number of carbonyl (C=O) groups is 2. The van der Waals surface area contributed by atoms with Crippen molar-refractivity contribution in [2.75, 3.05) is 26.2 Å². The third-order valence-electron chi connectivity index (χ3n) is 4.61. The number of piperazine rings is 1. The Kier molecular flexibility index (Phi) is 4.96. The zero-order chi connectivity index (χ0) is 16.2. The normalized spacial score (nSPS) is 20.1. The minimum absolute atomic E-state index is 0.0357. The Morgan fingerprint density at radius 2 is 1.78 bits per heavy atom. The fraction of sp³-hybridized carbons (Fsp3) is 0.556. The maximum Gasteiger partial charge on any atom is 0.244 e. The highest BCUT2D eigenvalue weighted by Crippen LogP contribution is 2.28. The monoisotopic (exact) mass is 315 g/mol. The van der Waals surface area contributed by atoms with Crippen LogP contribution >= 0.6 is 0 Å². The van der Waals surface area contributed by atoms with Crippen LogP contribution in [0.15, 0.2) is 30.3 Å². The first-order valence-corrected chi connectivity index (χ1v) is 8.49. The van der Waals surface area contributed by atoms with Crippen molar-refractivity contribution in [2.45, 2.75) is 32.4 Å². The summed E-state index contributed by atoms with van der Waals surface area (Å²) in [4.78, 5) is 28.4. The number of nitrogens with zero attached hydrogens (tertiary/aromatic N) is 2. The second kappa shape index (κ2) is 7.13. The van der Waals surface area contributed by atoms with Crippen LogP contribution in [0.4, 0.5) is 0 Å². The van der Waals surface area contributed by atoms with Crippen LogP contribution in [0.5, 0.6) is 0 Å². The molecule has 5 heteroatoms. The Balaban J connectivity index is 1.44. The van der Waals surface area contributed by atoms with E-state index in [2.05, 4.69) is 34.5 Å². The van der Waals surface area contributed by atoms with Gasteiger partial charge in [0.25, 0.3) is 0 Å². The largest absolute Gasteiger partial charge is 0.344 e. The minimum Gasteiger partial charge on any atom is -0.344 e. The molecule has 1 saturated heterocycles. The van der Waals surface area contributed by atoms with E-state index in [-0.39, 0.29) is 17.7 Å². The molecule has 0 radical (unpaired) electrons. The molecular weight excluding hydrogens is 290 g/mol. The molecule has 0 bridgehead atoms. The fourth-order valence-corrected chi connectivity index (χ4v) is 2.98. The Hall–Kier alpha value is -1.88. The van der Waals surface area contributed by atoms with Crippen molar-refractivity contribution in [1.82, 2.24) is 15.1 Å². The van der Waals surface area contributed by atoms with Crippen molar-refractivity contribution in [3.63, 3.8) is 0 Å². The van der Waals surface area contributed by atoms with Crippen molar-refractivity contribution in [3.05, 3.63) is 35.9 Å². The highest BCUT2D eigenvalue weighted by molar-refractivity contribution is 5.89. The van der Waals surface area contributed by atoms with Crippen LogP contribution in [0.1, 0.15) is 25.3 Å². The molecule has 1 aliphatic heterocycles. The van der Waals surface area contributed by atoms with E-state index in [1.54, 1.807) is 6.92 Å². The van der Waals surface area contributed by atoms with Gasteiger partial charge in [0, 0.05) is 38.6 Å². The summed E-state index contributed by atoms with van der Waals surface area (Å²) < 4.78 is 0. The van der Waals surface area contributed by atoms with Gasteiger partial charge in [-0.2, -0.15) is 0 Å². The molecule has 1 saturated carbocycles. The number of nitrogens with one attached hydrogen (secondary N) is 1. The molecule has 124 valence electrons. The Bertz CT molecular complexity index is 549. The summed E-state index contributed by atoms with van der Waals surface area (Å²) >= 11 is 0. The summed E-state index contributed by atoms with van der Waals surface area (Å²) in [5.74, 6) is 0.222. The highest BCUT2D eigenvalue weighted by Gasteiger charge is 2.32. The van der Waals surface area contributed by atoms with E-state index in [0.717, 1.165) is 45.6 Å². The Morgan fingerprint density at radius 1 is 1.13 bits per heavy atom. The molecule has 0 aromatic heterocycles. The van der Waals surface area contributed by atoms with Crippen molar-refractivity contribution in [3.8, 4) is 0 Å². The van der Waals surface area contributed by atoms with Gasteiger partial charge in [-0.15, -0.1) is 0 Å². The standard InChI is InChI=1S/C18H25N3O2/c1-14(19-17(22)16-7-8-16)18(23)21-11-9-20(10-12-21)13-15-5-3-2-4-6-15/h2-6,14,16H,7-13H2,1H3,(H,19,22)/t14-/m1/s1. The lowest BCUT2D eigenvalue weighted by Gasteiger charge is -2.36. The van der Waals surface area contributed by atoms with Crippen LogP contribution in [-0.4, -0.2) is 53.8 Å². The molecule has 5 nitrogen and oxygen atoms in total. The first-order chi connectivity index (χ1) is 11.1. The molecule has 2 aliphatic rings. The summed E-state index contributed by atoms with van der Waals surface area (Å²) in [6, 6.07) is 9.99. The van der Waals surface area contributed by atoms with Crippen molar-refractivity contribution in [2.24, 2.45) is 5.92 Å². The molecule has 1 heterocycles. The molecule has 1 N–H and O–H groups in total. The zero-order valence-electron chi connectivity index (χ0n) is 13.7. The van der Waals surface area contributed by atoms with Gasteiger partial charge in [-0.25, -0.2) is 0 Å². The molecule has 23 heavy (non-hydrogen) atoms. The van der Waals surface area contributed by atoms with Crippen molar-refractivity contribution in [1.29, 1.82) is 0 Å². The summed E-state index contributed by atoms with van der Waals surface area (Å²) in [5, 5.41) is 2.85. The van der Waals surface area contributed by atoms with Gasteiger partial charge < -0.3 is 10.2 Å². The molecule has 0 spiro atoms. The Morgan fingerprint density at radius 3 is 2.39 bits per heavy atom. The van der Waals surface area contributed by atoms with Crippen LogP contribution in [-0.2, 0) is 16.1 Å².